The van der Waals surface area contributed by atoms with Gasteiger partial charge in [-0.3, -0.25) is 4.79 Å². The molecule has 0 atom stereocenters. The molecule has 0 spiro atoms. The molecule has 0 saturated carbocycles. The van der Waals surface area contributed by atoms with Crippen molar-refractivity contribution < 1.29 is 19.2 Å². The lowest BCUT2D eigenvalue weighted by Crippen LogP contribution is -2.05. The van der Waals surface area contributed by atoms with Gasteiger partial charge in [0.05, 0.1) is 17.0 Å². The van der Waals surface area contributed by atoms with E-state index >= 15 is 0 Å². The molecule has 0 aliphatic rings. The number of phenols is 1. The topological polar surface area (TPSA) is 72.6 Å². The van der Waals surface area contributed by atoms with Crippen LogP contribution in [-0.4, -0.2) is 22.8 Å². The van der Waals surface area contributed by atoms with Crippen molar-refractivity contribution in [3.05, 3.63) is 47.0 Å². The Balaban J connectivity index is 2.04. The maximum Gasteiger partial charge on any atom is 0.306 e. The number of nitrogens with zero attached hydrogens (tertiary/aromatic N) is 1. The summed E-state index contributed by atoms with van der Waals surface area (Å²) < 4.78 is 10.4. The molecule has 1 aromatic heterocycles. The number of carbonyl (C=O) groups is 1. The highest BCUT2D eigenvalue weighted by atomic mass is 35.5. The number of rotatable bonds is 5. The van der Waals surface area contributed by atoms with Crippen molar-refractivity contribution in [3.8, 4) is 17.0 Å². The van der Waals surface area contributed by atoms with E-state index in [0.717, 1.165) is 5.56 Å². The Morgan fingerprint density at radius 3 is 2.79 bits per heavy atom. The van der Waals surface area contributed by atoms with E-state index in [1.807, 2.05) is 30.3 Å². The van der Waals surface area contributed by atoms with Crippen molar-refractivity contribution in [2.75, 3.05) is 6.61 Å². The number of hydrogen-bond donors (Lipinski definition) is 1. The highest BCUT2D eigenvalue weighted by Gasteiger charge is 2.20. The highest BCUT2D eigenvalue weighted by molar-refractivity contribution is 6.33. The fourth-order valence-electron chi connectivity index (χ4n) is 2.59. The van der Waals surface area contributed by atoms with Crippen LogP contribution in [-0.2, 0) is 16.0 Å². The van der Waals surface area contributed by atoms with Crippen LogP contribution in [0.15, 0.2) is 40.9 Å². The number of aromatic hydroxyl groups is 1. The first-order valence-corrected chi connectivity index (χ1v) is 8.00. The van der Waals surface area contributed by atoms with E-state index in [1.165, 1.54) is 0 Å². The lowest BCUT2D eigenvalue weighted by Gasteiger charge is -2.07. The van der Waals surface area contributed by atoms with Crippen LogP contribution in [0.5, 0.6) is 5.75 Å². The number of fused-ring (bicyclic) bond motifs is 1. The van der Waals surface area contributed by atoms with E-state index in [0.29, 0.717) is 28.8 Å². The maximum absolute atomic E-state index is 11.6. The first-order valence-electron chi connectivity index (χ1n) is 7.62. The quantitative estimate of drug-likeness (QED) is 0.696. The van der Waals surface area contributed by atoms with E-state index in [1.54, 1.807) is 13.0 Å². The molecule has 0 saturated heterocycles. The van der Waals surface area contributed by atoms with Gasteiger partial charge < -0.3 is 14.4 Å². The third-order valence-corrected chi connectivity index (χ3v) is 4.00. The number of carbonyl (C=O) groups excluding carboxylic acids is 1. The number of halogens is 1. The van der Waals surface area contributed by atoms with Gasteiger partial charge in [-0.05, 0) is 19.4 Å². The van der Waals surface area contributed by atoms with Gasteiger partial charge in [-0.2, -0.15) is 0 Å². The van der Waals surface area contributed by atoms with Crippen LogP contribution in [0.3, 0.4) is 0 Å². The monoisotopic (exact) mass is 345 g/mol. The summed E-state index contributed by atoms with van der Waals surface area (Å²) in [4.78, 5) is 11.6. The van der Waals surface area contributed by atoms with Crippen LogP contribution < -0.4 is 0 Å². The molecule has 2 aromatic carbocycles. The van der Waals surface area contributed by atoms with Crippen LogP contribution >= 0.6 is 11.6 Å². The standard InChI is InChI=1S/C18H16ClNO4/c1-2-23-15(21)9-8-12-17(22)14(19)10-13-16(20-24-18(12)13)11-6-4-3-5-7-11/h3-7,10,22H,2,8-9H2,1H3. The second kappa shape index (κ2) is 6.93. The number of aromatic nitrogens is 1. The van der Waals surface area contributed by atoms with Gasteiger partial charge in [-0.25, -0.2) is 0 Å². The second-order valence-corrected chi connectivity index (χ2v) is 5.67. The number of benzene rings is 2. The largest absolute Gasteiger partial charge is 0.506 e. The molecule has 24 heavy (non-hydrogen) atoms. The van der Waals surface area contributed by atoms with Crippen molar-refractivity contribution in [3.63, 3.8) is 0 Å². The molecule has 6 heteroatoms. The minimum absolute atomic E-state index is 0.0933. The number of phenolic OH excluding ortho intramolecular Hbond substituents is 1. The predicted octanol–water partition coefficient (Wildman–Crippen LogP) is 4.35. The fourth-order valence-corrected chi connectivity index (χ4v) is 2.82. The van der Waals surface area contributed by atoms with Crippen molar-refractivity contribution in [2.45, 2.75) is 19.8 Å². The molecule has 0 aliphatic heterocycles. The lowest BCUT2D eigenvalue weighted by atomic mass is 10.0. The third-order valence-electron chi connectivity index (χ3n) is 3.72. The number of aryl methyl sites for hydroxylation is 1. The molecule has 5 nitrogen and oxygen atoms in total. The number of esters is 1. The first-order chi connectivity index (χ1) is 11.6. The minimum atomic E-state index is -0.340. The molecule has 0 bridgehead atoms. The van der Waals surface area contributed by atoms with Gasteiger partial charge in [0, 0.05) is 17.5 Å². The predicted molar refractivity (Wildman–Crippen MR) is 91.1 cm³/mol. The molecule has 3 aromatic rings. The average Bonchev–Trinajstić information content (AvgIpc) is 2.99. The summed E-state index contributed by atoms with van der Waals surface area (Å²) in [6, 6.07) is 11.2. The van der Waals surface area contributed by atoms with Gasteiger partial charge in [-0.1, -0.05) is 47.1 Å². The van der Waals surface area contributed by atoms with Gasteiger partial charge in [0.15, 0.2) is 5.58 Å². The van der Waals surface area contributed by atoms with Crippen LogP contribution in [0.2, 0.25) is 5.02 Å². The Morgan fingerprint density at radius 1 is 1.33 bits per heavy atom. The number of ether oxygens (including phenoxy) is 1. The van der Waals surface area contributed by atoms with E-state index in [4.69, 9.17) is 20.9 Å². The molecule has 124 valence electrons. The lowest BCUT2D eigenvalue weighted by molar-refractivity contribution is -0.143. The highest BCUT2D eigenvalue weighted by Crippen LogP contribution is 2.39. The smallest absolute Gasteiger partial charge is 0.306 e. The summed E-state index contributed by atoms with van der Waals surface area (Å²) in [5, 5.41) is 15.3. The van der Waals surface area contributed by atoms with Crippen LogP contribution in [0.1, 0.15) is 18.9 Å². The molecule has 0 amide bonds. The molecule has 1 N–H and O–H groups in total. The van der Waals surface area contributed by atoms with E-state index in [2.05, 4.69) is 5.16 Å². The van der Waals surface area contributed by atoms with Crippen molar-refractivity contribution in [2.24, 2.45) is 0 Å². The molecule has 0 radical (unpaired) electrons. The molecule has 0 aliphatic carbocycles. The van der Waals surface area contributed by atoms with Crippen LogP contribution in [0, 0.1) is 0 Å². The molecule has 1 heterocycles. The Bertz CT molecular complexity index is 874. The van der Waals surface area contributed by atoms with Crippen LogP contribution in [0.4, 0.5) is 0 Å². The van der Waals surface area contributed by atoms with Crippen LogP contribution in [0.25, 0.3) is 22.2 Å². The first kappa shape index (κ1) is 16.3. The summed E-state index contributed by atoms with van der Waals surface area (Å²) in [7, 11) is 0. The molecule has 0 unspecified atom stereocenters. The maximum atomic E-state index is 11.6. The van der Waals surface area contributed by atoms with Gasteiger partial charge in [-0.15, -0.1) is 0 Å². The molecular weight excluding hydrogens is 330 g/mol. The average molecular weight is 346 g/mol. The summed E-state index contributed by atoms with van der Waals surface area (Å²) in [5.41, 5.74) is 2.42. The summed E-state index contributed by atoms with van der Waals surface area (Å²) >= 11 is 6.15. The SMILES string of the molecule is CCOC(=O)CCc1c(O)c(Cl)cc2c(-c3ccccc3)noc12. The van der Waals surface area contributed by atoms with Crippen molar-refractivity contribution >= 4 is 28.5 Å². The van der Waals surface area contributed by atoms with Crippen molar-refractivity contribution in [1.82, 2.24) is 5.16 Å². The van der Waals surface area contributed by atoms with Gasteiger partial charge in [0.1, 0.15) is 11.4 Å². The molecular formula is C18H16ClNO4. The van der Waals surface area contributed by atoms with E-state index in [-0.39, 0.29) is 29.6 Å². The normalized spacial score (nSPS) is 10.9. The Morgan fingerprint density at radius 2 is 2.08 bits per heavy atom. The van der Waals surface area contributed by atoms with E-state index in [9.17, 15) is 9.90 Å². The third kappa shape index (κ3) is 3.08. The summed E-state index contributed by atoms with van der Waals surface area (Å²) in [6.07, 6.45) is 0.378. The van der Waals surface area contributed by atoms with E-state index < -0.39 is 0 Å². The molecule has 0 fully saturated rings. The Kier molecular flexibility index (Phi) is 4.71. The zero-order valence-electron chi connectivity index (χ0n) is 13.1. The second-order valence-electron chi connectivity index (χ2n) is 5.26. The minimum Gasteiger partial charge on any atom is -0.506 e. The zero-order chi connectivity index (χ0) is 17.1. The summed E-state index contributed by atoms with van der Waals surface area (Å²) in [5.74, 6) is -0.433. The van der Waals surface area contributed by atoms with Gasteiger partial charge in [0.2, 0.25) is 0 Å². The summed E-state index contributed by atoms with van der Waals surface area (Å²) in [6.45, 7) is 2.06. The Labute approximate surface area is 143 Å². The van der Waals surface area contributed by atoms with Gasteiger partial charge >= 0.3 is 5.97 Å². The molecule has 3 rings (SSSR count). The number of hydrogen-bond acceptors (Lipinski definition) is 5. The fraction of sp³-hybridized carbons (Fsp3) is 0.222. The van der Waals surface area contributed by atoms with Crippen molar-refractivity contribution in [1.29, 1.82) is 0 Å². The van der Waals surface area contributed by atoms with Gasteiger partial charge in [0.25, 0.3) is 0 Å². The zero-order valence-corrected chi connectivity index (χ0v) is 13.8. The Hall–Kier alpha value is -2.53.